The lowest BCUT2D eigenvalue weighted by Gasteiger charge is -2.14. The van der Waals surface area contributed by atoms with E-state index >= 15 is 0 Å². The zero-order valence-electron chi connectivity index (χ0n) is 6.75. The van der Waals surface area contributed by atoms with Crippen LogP contribution in [0.5, 0.6) is 0 Å². The number of amides is 1. The number of hydrogen-bond acceptors (Lipinski definition) is 3. The van der Waals surface area contributed by atoms with Gasteiger partial charge in [0.05, 0.1) is 0 Å². The van der Waals surface area contributed by atoms with Gasteiger partial charge in [-0.1, -0.05) is 0 Å². The predicted octanol–water partition coefficient (Wildman–Crippen LogP) is 0.677. The summed E-state index contributed by atoms with van der Waals surface area (Å²) in [6.45, 7) is 1.65. The van der Waals surface area contributed by atoms with Crippen LogP contribution < -0.4 is 0 Å². The number of carbonyl (C=O) groups excluding carboxylic acids is 1. The predicted molar refractivity (Wildman–Crippen MR) is 36.6 cm³/mol. The first-order valence-corrected chi connectivity index (χ1v) is 2.98. The van der Waals surface area contributed by atoms with Gasteiger partial charge in [-0.15, -0.1) is 0 Å². The zero-order valence-corrected chi connectivity index (χ0v) is 6.75. The van der Waals surface area contributed by atoms with E-state index in [4.69, 9.17) is 9.47 Å². The number of rotatable bonds is 2. The largest absolute Gasteiger partial charge is 0.420 e. The first kappa shape index (κ1) is 9.23. The molecular weight excluding hydrogens is 134 g/mol. The summed E-state index contributed by atoms with van der Waals surface area (Å²) in [4.78, 5) is 12.1. The SMILES string of the molecule is COC(C)OC(=O)N(C)C. The molecule has 0 N–H and O–H groups in total. The third-order valence-electron chi connectivity index (χ3n) is 0.964. The Hall–Kier alpha value is -0.770. The third kappa shape index (κ3) is 3.29. The van der Waals surface area contributed by atoms with Crippen molar-refractivity contribution in [3.63, 3.8) is 0 Å². The van der Waals surface area contributed by atoms with Crippen LogP contribution in [0.4, 0.5) is 4.79 Å². The zero-order chi connectivity index (χ0) is 8.15. The minimum Gasteiger partial charge on any atom is -0.420 e. The van der Waals surface area contributed by atoms with E-state index < -0.39 is 12.4 Å². The average molecular weight is 147 g/mol. The van der Waals surface area contributed by atoms with Crippen LogP contribution in [0.25, 0.3) is 0 Å². The van der Waals surface area contributed by atoms with E-state index in [1.807, 2.05) is 0 Å². The number of methoxy groups -OCH3 is 1. The molecule has 0 aromatic rings. The van der Waals surface area contributed by atoms with Gasteiger partial charge in [-0.25, -0.2) is 4.79 Å². The summed E-state index contributed by atoms with van der Waals surface area (Å²) >= 11 is 0. The summed E-state index contributed by atoms with van der Waals surface area (Å²) in [5.74, 6) is 0. The minimum absolute atomic E-state index is 0.394. The van der Waals surface area contributed by atoms with E-state index in [0.29, 0.717) is 0 Å². The smallest absolute Gasteiger partial charge is 0.411 e. The molecule has 1 amide bonds. The normalized spacial score (nSPS) is 12.4. The molecule has 0 rings (SSSR count). The summed E-state index contributed by atoms with van der Waals surface area (Å²) < 4.78 is 9.43. The monoisotopic (exact) mass is 147 g/mol. The van der Waals surface area contributed by atoms with Gasteiger partial charge < -0.3 is 14.4 Å². The molecule has 60 valence electrons. The molecule has 0 aromatic carbocycles. The molecule has 4 nitrogen and oxygen atoms in total. The van der Waals surface area contributed by atoms with Crippen LogP contribution in [0.1, 0.15) is 6.92 Å². The van der Waals surface area contributed by atoms with E-state index in [1.54, 1.807) is 21.0 Å². The third-order valence-corrected chi connectivity index (χ3v) is 0.964. The van der Waals surface area contributed by atoms with E-state index in [-0.39, 0.29) is 0 Å². The maximum Gasteiger partial charge on any atom is 0.411 e. The van der Waals surface area contributed by atoms with Crippen molar-refractivity contribution in [1.29, 1.82) is 0 Å². The Labute approximate surface area is 60.7 Å². The maximum absolute atomic E-state index is 10.7. The van der Waals surface area contributed by atoms with Gasteiger partial charge in [-0.2, -0.15) is 0 Å². The Morgan fingerprint density at radius 2 is 2.00 bits per heavy atom. The Morgan fingerprint density at radius 1 is 1.50 bits per heavy atom. The van der Waals surface area contributed by atoms with Gasteiger partial charge in [0.15, 0.2) is 0 Å². The highest BCUT2D eigenvalue weighted by molar-refractivity contribution is 5.66. The lowest BCUT2D eigenvalue weighted by atomic mass is 10.7. The molecule has 0 saturated heterocycles. The standard InChI is InChI=1S/C6H13NO3/c1-5(9-4)10-6(8)7(2)3/h5H,1-4H3. The lowest BCUT2D eigenvalue weighted by Crippen LogP contribution is -2.27. The molecule has 1 atom stereocenters. The molecule has 0 aliphatic carbocycles. The topological polar surface area (TPSA) is 38.8 Å². The van der Waals surface area contributed by atoms with Crippen molar-refractivity contribution in [2.24, 2.45) is 0 Å². The molecule has 0 aliphatic rings. The van der Waals surface area contributed by atoms with Crippen LogP contribution in [0.3, 0.4) is 0 Å². The number of ether oxygens (including phenoxy) is 2. The van der Waals surface area contributed by atoms with E-state index in [2.05, 4.69) is 0 Å². The number of hydrogen-bond donors (Lipinski definition) is 0. The van der Waals surface area contributed by atoms with Crippen LogP contribution in [-0.2, 0) is 9.47 Å². The van der Waals surface area contributed by atoms with Crippen molar-refractivity contribution in [3.05, 3.63) is 0 Å². The van der Waals surface area contributed by atoms with Crippen molar-refractivity contribution in [3.8, 4) is 0 Å². The summed E-state index contributed by atoms with van der Waals surface area (Å²) in [6, 6.07) is 0. The molecule has 0 spiro atoms. The van der Waals surface area contributed by atoms with Crippen LogP contribution in [-0.4, -0.2) is 38.5 Å². The van der Waals surface area contributed by atoms with Crippen molar-refractivity contribution >= 4 is 6.09 Å². The van der Waals surface area contributed by atoms with Crippen molar-refractivity contribution in [2.45, 2.75) is 13.2 Å². The molecular formula is C6H13NO3. The average Bonchev–Trinajstić information content (AvgIpc) is 1.87. The molecule has 0 heterocycles. The summed E-state index contributed by atoms with van der Waals surface area (Å²) in [5, 5.41) is 0. The van der Waals surface area contributed by atoms with Gasteiger partial charge in [0.1, 0.15) is 0 Å². The first-order chi connectivity index (χ1) is 4.57. The highest BCUT2D eigenvalue weighted by atomic mass is 16.7. The fraction of sp³-hybridized carbons (Fsp3) is 0.833. The maximum atomic E-state index is 10.7. The van der Waals surface area contributed by atoms with Gasteiger partial charge in [0.25, 0.3) is 0 Å². The second-order valence-electron chi connectivity index (χ2n) is 2.08. The van der Waals surface area contributed by atoms with Gasteiger partial charge in [-0.05, 0) is 6.92 Å². The Balaban J connectivity index is 3.57. The highest BCUT2D eigenvalue weighted by Gasteiger charge is 2.08. The molecule has 0 radical (unpaired) electrons. The van der Waals surface area contributed by atoms with Crippen LogP contribution >= 0.6 is 0 Å². The second-order valence-corrected chi connectivity index (χ2v) is 2.08. The van der Waals surface area contributed by atoms with Crippen LogP contribution in [0.15, 0.2) is 0 Å². The van der Waals surface area contributed by atoms with Gasteiger partial charge in [-0.3, -0.25) is 0 Å². The Morgan fingerprint density at radius 3 is 2.30 bits per heavy atom. The Bertz CT molecular complexity index is 114. The molecule has 0 aromatic heterocycles. The van der Waals surface area contributed by atoms with Crippen LogP contribution in [0.2, 0.25) is 0 Å². The van der Waals surface area contributed by atoms with E-state index in [1.165, 1.54) is 12.0 Å². The van der Waals surface area contributed by atoms with Crippen molar-refractivity contribution in [1.82, 2.24) is 4.90 Å². The van der Waals surface area contributed by atoms with Crippen molar-refractivity contribution < 1.29 is 14.3 Å². The van der Waals surface area contributed by atoms with Gasteiger partial charge in [0, 0.05) is 21.2 Å². The quantitative estimate of drug-likeness (QED) is 0.539. The summed E-state index contributed by atoms with van der Waals surface area (Å²) in [6.07, 6.45) is -0.871. The molecule has 4 heteroatoms. The fourth-order valence-corrected chi connectivity index (χ4v) is 0.295. The van der Waals surface area contributed by atoms with E-state index in [0.717, 1.165) is 0 Å². The molecule has 0 bridgehead atoms. The highest BCUT2D eigenvalue weighted by Crippen LogP contribution is 1.93. The van der Waals surface area contributed by atoms with Crippen molar-refractivity contribution in [2.75, 3.05) is 21.2 Å². The molecule has 0 fully saturated rings. The van der Waals surface area contributed by atoms with E-state index in [9.17, 15) is 4.79 Å². The summed E-state index contributed by atoms with van der Waals surface area (Å²) in [5.41, 5.74) is 0. The molecule has 0 saturated carbocycles. The minimum atomic E-state index is -0.477. The number of carbonyl (C=O) groups is 1. The van der Waals surface area contributed by atoms with Gasteiger partial charge in [0.2, 0.25) is 6.29 Å². The molecule has 1 unspecified atom stereocenters. The summed E-state index contributed by atoms with van der Waals surface area (Å²) in [7, 11) is 4.71. The first-order valence-electron chi connectivity index (χ1n) is 2.98. The second kappa shape index (κ2) is 4.11. The lowest BCUT2D eigenvalue weighted by molar-refractivity contribution is -0.0748. The van der Waals surface area contributed by atoms with Gasteiger partial charge >= 0.3 is 6.09 Å². The van der Waals surface area contributed by atoms with Crippen LogP contribution in [0, 0.1) is 0 Å². The molecule has 10 heavy (non-hydrogen) atoms. The Kier molecular flexibility index (Phi) is 3.79. The fourth-order valence-electron chi connectivity index (χ4n) is 0.295. The molecule has 0 aliphatic heterocycles. The number of nitrogens with zero attached hydrogens (tertiary/aromatic N) is 1.